The number of carboxylic acids is 2. The second-order valence-electron chi connectivity index (χ2n) is 1.04. The molecule has 0 spiro atoms. The van der Waals surface area contributed by atoms with Gasteiger partial charge < -0.3 is 21.2 Å². The Morgan fingerprint density at radius 3 is 0.833 bits per heavy atom. The van der Waals surface area contributed by atoms with Crippen LogP contribution in [0.4, 0.5) is 0 Å². The molecule has 8 heteroatoms. The third kappa shape index (κ3) is 73500. The summed E-state index contributed by atoms with van der Waals surface area (Å²) in [6.45, 7) is 2.17. The van der Waals surface area contributed by atoms with E-state index in [1.54, 1.807) is 0 Å². The van der Waals surface area contributed by atoms with E-state index in [4.69, 9.17) is 19.8 Å². The van der Waals surface area contributed by atoms with Crippen LogP contribution in [0.15, 0.2) is 0 Å². The van der Waals surface area contributed by atoms with E-state index >= 15 is 0 Å². The van der Waals surface area contributed by atoms with Crippen LogP contribution in [0.3, 0.4) is 0 Å². The SMILES string of the molecule is CC(=O)O.CC(=O)O.O.O.[Zn+2].[Zn+2]. The van der Waals surface area contributed by atoms with Crippen molar-refractivity contribution in [3.63, 3.8) is 0 Å². The van der Waals surface area contributed by atoms with Gasteiger partial charge in [-0.25, -0.2) is 0 Å². The van der Waals surface area contributed by atoms with Crippen LogP contribution in [0, 0.1) is 0 Å². The van der Waals surface area contributed by atoms with Crippen LogP contribution < -0.4 is 0 Å². The Morgan fingerprint density at radius 1 is 0.833 bits per heavy atom. The van der Waals surface area contributed by atoms with Crippen molar-refractivity contribution in [3.8, 4) is 0 Å². The van der Waals surface area contributed by atoms with Crippen LogP contribution in [0.1, 0.15) is 13.8 Å². The molecule has 0 atom stereocenters. The second-order valence-corrected chi connectivity index (χ2v) is 1.04. The molecule has 64 valence electrons. The van der Waals surface area contributed by atoms with Gasteiger partial charge in [-0.2, -0.15) is 0 Å². The molecule has 0 bridgehead atoms. The van der Waals surface area contributed by atoms with E-state index in [-0.39, 0.29) is 49.9 Å². The van der Waals surface area contributed by atoms with Gasteiger partial charge in [-0.15, -0.1) is 0 Å². The Hall–Kier alpha value is 0.107. The van der Waals surface area contributed by atoms with Crippen LogP contribution in [-0.2, 0) is 48.5 Å². The van der Waals surface area contributed by atoms with E-state index in [1.165, 1.54) is 0 Å². The Bertz CT molecular complexity index is 75.5. The third-order valence-electron chi connectivity index (χ3n) is 0. The maximum absolute atomic E-state index is 9.00. The summed E-state index contributed by atoms with van der Waals surface area (Å²) in [5.41, 5.74) is 0. The molecular weight excluding hydrogens is 275 g/mol. The van der Waals surface area contributed by atoms with Crippen molar-refractivity contribution in [2.45, 2.75) is 13.8 Å². The largest absolute Gasteiger partial charge is 2.00 e. The van der Waals surface area contributed by atoms with E-state index in [1.807, 2.05) is 0 Å². The predicted molar refractivity (Wildman–Crippen MR) is 33.8 cm³/mol. The van der Waals surface area contributed by atoms with E-state index in [0.717, 1.165) is 13.8 Å². The zero-order valence-corrected chi connectivity index (χ0v) is 13.1. The van der Waals surface area contributed by atoms with Crippen molar-refractivity contribution >= 4 is 11.9 Å². The normalized spacial score (nSPS) is 4.17. The van der Waals surface area contributed by atoms with Crippen molar-refractivity contribution in [3.05, 3.63) is 0 Å². The molecule has 0 aromatic rings. The standard InChI is InChI=1S/2C2H4O2.2H2O.2Zn/c2*1-2(3)4;;;;/h2*1H3,(H,3,4);2*1H2;;/q;;;;2*+2. The predicted octanol–water partition coefficient (Wildman–Crippen LogP) is -1.47. The van der Waals surface area contributed by atoms with Gasteiger partial charge in [0.15, 0.2) is 0 Å². The monoisotopic (exact) mass is 284 g/mol. The third-order valence-corrected chi connectivity index (χ3v) is 0. The molecule has 0 aliphatic rings. The van der Waals surface area contributed by atoms with Crippen molar-refractivity contribution in [2.75, 3.05) is 0 Å². The van der Waals surface area contributed by atoms with Gasteiger partial charge in [0.25, 0.3) is 11.9 Å². The zero-order chi connectivity index (χ0) is 7.15. The summed E-state index contributed by atoms with van der Waals surface area (Å²) in [6, 6.07) is 0. The minimum absolute atomic E-state index is 0. The number of hydrogen-bond donors (Lipinski definition) is 2. The smallest absolute Gasteiger partial charge is 0.481 e. The topological polar surface area (TPSA) is 138 Å². The molecule has 0 heterocycles. The second kappa shape index (κ2) is 30.4. The fraction of sp³-hybridized carbons (Fsp3) is 0.500. The van der Waals surface area contributed by atoms with Crippen molar-refractivity contribution in [1.82, 2.24) is 0 Å². The number of carboxylic acid groups (broad SMARTS) is 2. The molecule has 0 aliphatic heterocycles. The molecule has 0 fully saturated rings. The van der Waals surface area contributed by atoms with Gasteiger partial charge in [0.1, 0.15) is 0 Å². The summed E-state index contributed by atoms with van der Waals surface area (Å²) >= 11 is 0. The average molecular weight is 287 g/mol. The fourth-order valence-electron chi connectivity index (χ4n) is 0. The van der Waals surface area contributed by atoms with Crippen molar-refractivity contribution in [1.29, 1.82) is 0 Å². The average Bonchev–Trinajstić information content (AvgIpc) is 1.25. The van der Waals surface area contributed by atoms with Gasteiger partial charge in [0.2, 0.25) is 0 Å². The summed E-state index contributed by atoms with van der Waals surface area (Å²) < 4.78 is 0. The van der Waals surface area contributed by atoms with E-state index in [2.05, 4.69) is 0 Å². The first kappa shape index (κ1) is 40.0. The van der Waals surface area contributed by atoms with Gasteiger partial charge in [-0.3, -0.25) is 9.59 Å². The Morgan fingerprint density at radius 2 is 0.833 bits per heavy atom. The van der Waals surface area contributed by atoms with Crippen LogP contribution in [0.25, 0.3) is 0 Å². The molecule has 0 unspecified atom stereocenters. The molecule has 6 N–H and O–H groups in total. The molecule has 0 aromatic carbocycles. The van der Waals surface area contributed by atoms with Gasteiger partial charge in [0.05, 0.1) is 0 Å². The maximum Gasteiger partial charge on any atom is 2.00 e. The van der Waals surface area contributed by atoms with Gasteiger partial charge >= 0.3 is 39.0 Å². The Labute approximate surface area is 95.5 Å². The number of carbonyl (C=O) groups is 2. The van der Waals surface area contributed by atoms with Crippen molar-refractivity contribution < 1.29 is 69.7 Å². The van der Waals surface area contributed by atoms with Gasteiger partial charge in [-0.05, 0) is 0 Å². The zero-order valence-electron chi connectivity index (χ0n) is 7.13. The molecule has 6 nitrogen and oxygen atoms in total. The molecule has 0 saturated carbocycles. The molecule has 0 amide bonds. The van der Waals surface area contributed by atoms with E-state index in [9.17, 15) is 0 Å². The minimum atomic E-state index is -0.833. The summed E-state index contributed by atoms with van der Waals surface area (Å²) in [6.07, 6.45) is 0. The number of hydrogen-bond acceptors (Lipinski definition) is 2. The van der Waals surface area contributed by atoms with E-state index < -0.39 is 11.9 Å². The van der Waals surface area contributed by atoms with Crippen LogP contribution in [0.2, 0.25) is 0 Å². The summed E-state index contributed by atoms with van der Waals surface area (Å²) in [4.78, 5) is 18.0. The summed E-state index contributed by atoms with van der Waals surface area (Å²) in [5, 5.41) is 14.8. The first-order chi connectivity index (χ1) is 3.46. The molecule has 0 rings (SSSR count). The van der Waals surface area contributed by atoms with E-state index in [0.29, 0.717) is 0 Å². The first-order valence-corrected chi connectivity index (χ1v) is 1.86. The fourth-order valence-corrected chi connectivity index (χ4v) is 0. The van der Waals surface area contributed by atoms with Crippen molar-refractivity contribution in [2.24, 2.45) is 0 Å². The Kier molecular flexibility index (Phi) is 102. The van der Waals surface area contributed by atoms with Gasteiger partial charge in [0, 0.05) is 13.8 Å². The Balaban J connectivity index is -0.0000000112. The summed E-state index contributed by atoms with van der Waals surface area (Å²) in [5.74, 6) is -1.67. The van der Waals surface area contributed by atoms with Crippen LogP contribution >= 0.6 is 0 Å². The quantitative estimate of drug-likeness (QED) is 0.525. The molecule has 12 heavy (non-hydrogen) atoms. The van der Waals surface area contributed by atoms with Crippen LogP contribution in [-0.4, -0.2) is 33.1 Å². The molecule has 0 aromatic heterocycles. The molecule has 0 radical (unpaired) electrons. The number of rotatable bonds is 0. The number of aliphatic carboxylic acids is 2. The summed E-state index contributed by atoms with van der Waals surface area (Å²) in [7, 11) is 0. The maximum atomic E-state index is 9.00. The van der Waals surface area contributed by atoms with Crippen LogP contribution in [0.5, 0.6) is 0 Å². The molecular formula is C4H12O6Zn2+4. The molecule has 0 saturated heterocycles. The first-order valence-electron chi connectivity index (χ1n) is 1.86. The van der Waals surface area contributed by atoms with Gasteiger partial charge in [-0.1, -0.05) is 0 Å². The molecule has 0 aliphatic carbocycles. The minimum Gasteiger partial charge on any atom is -0.481 e.